The number of nitrogens with two attached hydrogens (primary N) is 1. The van der Waals surface area contributed by atoms with Crippen molar-refractivity contribution in [2.75, 3.05) is 0 Å². The minimum absolute atomic E-state index is 0.178. The summed E-state index contributed by atoms with van der Waals surface area (Å²) in [5.41, 5.74) is 9.37. The molecule has 0 bridgehead atoms. The van der Waals surface area contributed by atoms with Gasteiger partial charge in [0.15, 0.2) is 0 Å². The van der Waals surface area contributed by atoms with E-state index in [0.717, 1.165) is 33.6 Å². The molecule has 0 saturated carbocycles. The van der Waals surface area contributed by atoms with Gasteiger partial charge < -0.3 is 10.3 Å². The summed E-state index contributed by atoms with van der Waals surface area (Å²) in [4.78, 5) is 9.09. The van der Waals surface area contributed by atoms with Crippen molar-refractivity contribution < 1.29 is 0 Å². The van der Waals surface area contributed by atoms with E-state index in [1.54, 1.807) is 6.20 Å². The predicted octanol–water partition coefficient (Wildman–Crippen LogP) is 3.46. The van der Waals surface area contributed by atoms with Crippen molar-refractivity contribution >= 4 is 27.0 Å². The van der Waals surface area contributed by atoms with Gasteiger partial charge in [-0.1, -0.05) is 12.1 Å². The first kappa shape index (κ1) is 14.2. The van der Waals surface area contributed by atoms with Gasteiger partial charge in [-0.05, 0) is 47.1 Å². The Morgan fingerprint density at radius 3 is 2.81 bits per heavy atom. The fourth-order valence-corrected chi connectivity index (χ4v) is 3.15. The molecule has 1 aromatic carbocycles. The van der Waals surface area contributed by atoms with E-state index >= 15 is 0 Å². The highest BCUT2D eigenvalue weighted by atomic mass is 79.9. The second kappa shape index (κ2) is 5.95. The number of benzene rings is 1. The Balaban J connectivity index is 1.96. The van der Waals surface area contributed by atoms with Gasteiger partial charge in [-0.3, -0.25) is 4.98 Å². The molecule has 4 nitrogen and oxygen atoms in total. The molecule has 3 rings (SSSR count). The van der Waals surface area contributed by atoms with Crippen molar-refractivity contribution in [3.63, 3.8) is 0 Å². The first-order chi connectivity index (χ1) is 10.2. The van der Waals surface area contributed by atoms with Gasteiger partial charge in [-0.15, -0.1) is 0 Å². The van der Waals surface area contributed by atoms with Crippen LogP contribution in [0.3, 0.4) is 0 Å². The highest BCUT2D eigenvalue weighted by Gasteiger charge is 2.16. The van der Waals surface area contributed by atoms with Crippen LogP contribution in [0.4, 0.5) is 0 Å². The van der Waals surface area contributed by atoms with Gasteiger partial charge >= 0.3 is 0 Å². The largest absolute Gasteiger partial charge is 0.328 e. The van der Waals surface area contributed by atoms with Crippen molar-refractivity contribution in [2.45, 2.75) is 25.9 Å². The minimum atomic E-state index is -0.178. The third kappa shape index (κ3) is 2.71. The topological polar surface area (TPSA) is 56.7 Å². The summed E-state index contributed by atoms with van der Waals surface area (Å²) in [6.07, 6.45) is 2.43. The monoisotopic (exact) mass is 344 g/mol. The summed E-state index contributed by atoms with van der Waals surface area (Å²) in [6.45, 7) is 3.01. The van der Waals surface area contributed by atoms with Gasteiger partial charge in [0.25, 0.3) is 0 Å². The van der Waals surface area contributed by atoms with Crippen LogP contribution in [0.15, 0.2) is 47.1 Å². The lowest BCUT2D eigenvalue weighted by Gasteiger charge is -2.13. The summed E-state index contributed by atoms with van der Waals surface area (Å²) in [5, 5.41) is 0. The molecule has 2 heterocycles. The van der Waals surface area contributed by atoms with Gasteiger partial charge in [-0.2, -0.15) is 0 Å². The molecule has 3 aromatic rings. The SMILES string of the molecule is CCn1c(CC(N)c2ncccc2Br)nc2ccccc21. The molecular formula is C16H17BrN4. The van der Waals surface area contributed by atoms with Crippen LogP contribution in [0.25, 0.3) is 11.0 Å². The van der Waals surface area contributed by atoms with Crippen LogP contribution in [0.1, 0.15) is 24.5 Å². The Bertz CT molecular complexity index is 766. The highest BCUT2D eigenvalue weighted by molar-refractivity contribution is 9.10. The zero-order valence-corrected chi connectivity index (χ0v) is 13.4. The van der Waals surface area contributed by atoms with E-state index in [1.165, 1.54) is 0 Å². The van der Waals surface area contributed by atoms with Gasteiger partial charge in [0, 0.05) is 23.6 Å². The summed E-state index contributed by atoms with van der Waals surface area (Å²) in [5.74, 6) is 1.00. The molecular weight excluding hydrogens is 328 g/mol. The normalized spacial score (nSPS) is 12.7. The molecule has 0 saturated heterocycles. The smallest absolute Gasteiger partial charge is 0.111 e. The van der Waals surface area contributed by atoms with E-state index in [9.17, 15) is 0 Å². The van der Waals surface area contributed by atoms with Gasteiger partial charge in [-0.25, -0.2) is 4.98 Å². The lowest BCUT2D eigenvalue weighted by molar-refractivity contribution is 0.623. The van der Waals surface area contributed by atoms with E-state index in [1.807, 2.05) is 30.3 Å². The van der Waals surface area contributed by atoms with E-state index in [4.69, 9.17) is 10.7 Å². The third-order valence-corrected chi connectivity index (χ3v) is 4.26. The van der Waals surface area contributed by atoms with Gasteiger partial charge in [0.05, 0.1) is 22.8 Å². The number of fused-ring (bicyclic) bond motifs is 1. The van der Waals surface area contributed by atoms with Crippen molar-refractivity contribution in [1.29, 1.82) is 0 Å². The molecule has 5 heteroatoms. The minimum Gasteiger partial charge on any atom is -0.328 e. The number of rotatable bonds is 4. The first-order valence-corrected chi connectivity index (χ1v) is 7.80. The number of nitrogens with zero attached hydrogens (tertiary/aromatic N) is 3. The molecule has 2 aromatic heterocycles. The molecule has 0 amide bonds. The fourth-order valence-electron chi connectivity index (χ4n) is 2.60. The molecule has 0 aliphatic carbocycles. The number of halogens is 1. The maximum Gasteiger partial charge on any atom is 0.111 e. The Morgan fingerprint density at radius 2 is 2.05 bits per heavy atom. The summed E-state index contributed by atoms with van der Waals surface area (Å²) < 4.78 is 3.16. The Morgan fingerprint density at radius 1 is 1.24 bits per heavy atom. The predicted molar refractivity (Wildman–Crippen MR) is 88.0 cm³/mol. The maximum atomic E-state index is 6.33. The molecule has 2 N–H and O–H groups in total. The van der Waals surface area contributed by atoms with Gasteiger partial charge in [0.1, 0.15) is 5.82 Å². The van der Waals surface area contributed by atoms with Crippen molar-refractivity contribution in [3.05, 3.63) is 58.6 Å². The molecule has 0 spiro atoms. The molecule has 108 valence electrons. The summed E-state index contributed by atoms with van der Waals surface area (Å²) in [7, 11) is 0. The summed E-state index contributed by atoms with van der Waals surface area (Å²) >= 11 is 3.51. The zero-order chi connectivity index (χ0) is 14.8. The second-order valence-electron chi connectivity index (χ2n) is 4.94. The Hall–Kier alpha value is -1.72. The number of aryl methyl sites for hydroxylation is 1. The number of para-hydroxylation sites is 2. The highest BCUT2D eigenvalue weighted by Crippen LogP contribution is 2.24. The molecule has 0 aliphatic rings. The van der Waals surface area contributed by atoms with E-state index in [2.05, 4.69) is 38.5 Å². The van der Waals surface area contributed by atoms with Crippen LogP contribution in [-0.4, -0.2) is 14.5 Å². The maximum absolute atomic E-state index is 6.33. The zero-order valence-electron chi connectivity index (χ0n) is 11.8. The molecule has 0 fully saturated rings. The average Bonchev–Trinajstić information content (AvgIpc) is 2.84. The van der Waals surface area contributed by atoms with Crippen LogP contribution in [0.5, 0.6) is 0 Å². The lowest BCUT2D eigenvalue weighted by Crippen LogP contribution is -2.18. The number of imidazole rings is 1. The number of hydrogen-bond donors (Lipinski definition) is 1. The third-order valence-electron chi connectivity index (χ3n) is 3.59. The van der Waals surface area contributed by atoms with E-state index < -0.39 is 0 Å². The Kier molecular flexibility index (Phi) is 4.03. The van der Waals surface area contributed by atoms with Crippen LogP contribution < -0.4 is 5.73 Å². The lowest BCUT2D eigenvalue weighted by atomic mass is 10.1. The van der Waals surface area contributed by atoms with Crippen molar-refractivity contribution in [3.8, 4) is 0 Å². The van der Waals surface area contributed by atoms with Crippen LogP contribution in [-0.2, 0) is 13.0 Å². The number of pyridine rings is 1. The fraction of sp³-hybridized carbons (Fsp3) is 0.250. The van der Waals surface area contributed by atoms with E-state index in [0.29, 0.717) is 6.42 Å². The van der Waals surface area contributed by atoms with Gasteiger partial charge in [0.2, 0.25) is 0 Å². The van der Waals surface area contributed by atoms with Crippen molar-refractivity contribution in [1.82, 2.24) is 14.5 Å². The van der Waals surface area contributed by atoms with Crippen molar-refractivity contribution in [2.24, 2.45) is 5.73 Å². The van der Waals surface area contributed by atoms with E-state index in [-0.39, 0.29) is 6.04 Å². The van der Waals surface area contributed by atoms with Crippen LogP contribution >= 0.6 is 15.9 Å². The first-order valence-electron chi connectivity index (χ1n) is 7.01. The number of aromatic nitrogens is 3. The molecule has 0 radical (unpaired) electrons. The average molecular weight is 345 g/mol. The Labute approximate surface area is 132 Å². The molecule has 21 heavy (non-hydrogen) atoms. The quantitative estimate of drug-likeness (QED) is 0.788. The number of hydrogen-bond acceptors (Lipinski definition) is 3. The molecule has 1 unspecified atom stereocenters. The van der Waals surface area contributed by atoms with Crippen LogP contribution in [0, 0.1) is 0 Å². The molecule has 1 atom stereocenters. The summed E-state index contributed by atoms with van der Waals surface area (Å²) in [6, 6.07) is 11.9. The molecule has 0 aliphatic heterocycles. The van der Waals surface area contributed by atoms with Crippen LogP contribution in [0.2, 0.25) is 0 Å². The standard InChI is InChI=1S/C16H17BrN4/c1-2-21-14-8-4-3-7-13(14)20-15(21)10-12(18)16-11(17)6-5-9-19-16/h3-9,12H,2,10,18H2,1H3. The second-order valence-corrected chi connectivity index (χ2v) is 5.80.